The predicted octanol–water partition coefficient (Wildman–Crippen LogP) is 1.02. The number of carbonyl (C=O) groups is 1. The van der Waals surface area contributed by atoms with Crippen molar-refractivity contribution in [2.24, 2.45) is 10.9 Å². The number of phenols is 1. The molecule has 0 fully saturated rings. The van der Waals surface area contributed by atoms with E-state index in [2.05, 4.69) is 5.16 Å². The highest BCUT2D eigenvalue weighted by atomic mass is 19.2. The van der Waals surface area contributed by atoms with Gasteiger partial charge >= 0.3 is 0 Å². The molecule has 0 saturated carbocycles. The minimum atomic E-state index is -1.79. The van der Waals surface area contributed by atoms with E-state index in [1.807, 2.05) is 0 Å². The number of amidine groups is 1. The smallest absolute Gasteiger partial charge is 0.257 e. The zero-order valence-corrected chi connectivity index (χ0v) is 10.6. The highest BCUT2D eigenvalue weighted by molar-refractivity contribution is 5.98. The van der Waals surface area contributed by atoms with Gasteiger partial charge in [-0.1, -0.05) is 5.16 Å². The summed E-state index contributed by atoms with van der Waals surface area (Å²) in [5, 5.41) is 20.2. The molecule has 0 aromatic heterocycles. The number of likely N-dealkylation sites (N-methyl/N-ethyl adjacent to an activating group) is 1. The van der Waals surface area contributed by atoms with Crippen LogP contribution in [0.3, 0.4) is 0 Å². The largest absolute Gasteiger partial charge is 0.503 e. The summed E-state index contributed by atoms with van der Waals surface area (Å²) in [7, 11) is 1.18. The minimum absolute atomic E-state index is 0.322. The lowest BCUT2D eigenvalue weighted by Gasteiger charge is -2.24. The normalized spacial score (nSPS) is 13.2. The molecule has 1 unspecified atom stereocenters. The highest BCUT2D eigenvalue weighted by Crippen LogP contribution is 2.26. The maximum absolute atomic E-state index is 13.6. The van der Waals surface area contributed by atoms with E-state index < -0.39 is 40.7 Å². The molecule has 1 rings (SSSR count). The van der Waals surface area contributed by atoms with Gasteiger partial charge in [0.15, 0.2) is 23.2 Å². The summed E-state index contributed by atoms with van der Waals surface area (Å²) < 4.78 is 39.6. The van der Waals surface area contributed by atoms with Crippen LogP contribution in [-0.2, 0) is 0 Å². The number of hydrogen-bond acceptors (Lipinski definition) is 4. The Morgan fingerprint density at radius 3 is 2.45 bits per heavy atom. The summed E-state index contributed by atoms with van der Waals surface area (Å²) in [5.41, 5.74) is 4.41. The van der Waals surface area contributed by atoms with E-state index in [1.54, 1.807) is 0 Å². The van der Waals surface area contributed by atoms with Crippen molar-refractivity contribution in [3.8, 4) is 5.75 Å². The molecule has 4 N–H and O–H groups in total. The molecule has 0 bridgehead atoms. The van der Waals surface area contributed by atoms with Crippen LogP contribution in [0.15, 0.2) is 11.2 Å². The number of halogens is 3. The van der Waals surface area contributed by atoms with Crippen molar-refractivity contribution >= 4 is 11.7 Å². The average Bonchev–Trinajstić information content (AvgIpc) is 2.45. The van der Waals surface area contributed by atoms with Gasteiger partial charge in [-0.2, -0.15) is 4.39 Å². The number of amides is 1. The fourth-order valence-electron chi connectivity index (χ4n) is 1.39. The summed E-state index contributed by atoms with van der Waals surface area (Å²) in [6.07, 6.45) is 0. The maximum atomic E-state index is 13.6. The molecule has 110 valence electrons. The highest BCUT2D eigenvalue weighted by Gasteiger charge is 2.27. The third-order valence-electron chi connectivity index (χ3n) is 2.81. The lowest BCUT2D eigenvalue weighted by molar-refractivity contribution is 0.0769. The summed E-state index contributed by atoms with van der Waals surface area (Å²) in [6.45, 7) is 1.37. The zero-order valence-electron chi connectivity index (χ0n) is 10.6. The number of oxime groups is 1. The van der Waals surface area contributed by atoms with Crippen LogP contribution in [0.5, 0.6) is 5.75 Å². The van der Waals surface area contributed by atoms with E-state index in [-0.39, 0.29) is 5.84 Å². The Morgan fingerprint density at radius 2 is 1.95 bits per heavy atom. The molecule has 1 aromatic rings. The molecule has 0 spiro atoms. The molecule has 0 aliphatic heterocycles. The van der Waals surface area contributed by atoms with Gasteiger partial charge in [-0.25, -0.2) is 8.78 Å². The molecular weight excluding hydrogens is 279 g/mol. The number of hydrogen-bond donors (Lipinski definition) is 3. The first-order valence-electron chi connectivity index (χ1n) is 5.33. The van der Waals surface area contributed by atoms with Gasteiger partial charge in [-0.3, -0.25) is 4.79 Å². The van der Waals surface area contributed by atoms with Crippen molar-refractivity contribution in [3.05, 3.63) is 29.1 Å². The molecule has 6 nitrogen and oxygen atoms in total. The second kappa shape index (κ2) is 5.68. The van der Waals surface area contributed by atoms with Gasteiger partial charge < -0.3 is 20.9 Å². The monoisotopic (exact) mass is 291 g/mol. The molecule has 1 amide bonds. The van der Waals surface area contributed by atoms with E-state index in [4.69, 9.17) is 16.0 Å². The van der Waals surface area contributed by atoms with E-state index in [9.17, 15) is 18.0 Å². The van der Waals surface area contributed by atoms with Crippen molar-refractivity contribution in [1.82, 2.24) is 4.90 Å². The molecule has 1 atom stereocenters. The van der Waals surface area contributed by atoms with Crippen molar-refractivity contribution < 1.29 is 28.3 Å². The van der Waals surface area contributed by atoms with Crippen LogP contribution in [0.2, 0.25) is 0 Å². The van der Waals surface area contributed by atoms with Gasteiger partial charge in [-0.15, -0.1) is 0 Å². The summed E-state index contributed by atoms with van der Waals surface area (Å²) >= 11 is 0. The summed E-state index contributed by atoms with van der Waals surface area (Å²) in [4.78, 5) is 12.8. The molecule has 0 radical (unpaired) electrons. The zero-order chi connectivity index (χ0) is 15.6. The molecular formula is C11H12F3N3O3. The maximum Gasteiger partial charge on any atom is 0.257 e. The SMILES string of the molecule is CC(C(N)=NO)N(C)C(=O)c1cc(F)c(F)c(O)c1F. The third-order valence-corrected chi connectivity index (χ3v) is 2.81. The van der Waals surface area contributed by atoms with Crippen LogP contribution in [0.1, 0.15) is 17.3 Å². The minimum Gasteiger partial charge on any atom is -0.503 e. The Kier molecular flexibility index (Phi) is 4.43. The Bertz CT molecular complexity index is 578. The van der Waals surface area contributed by atoms with Crippen molar-refractivity contribution in [2.75, 3.05) is 7.05 Å². The van der Waals surface area contributed by atoms with Gasteiger partial charge in [-0.05, 0) is 13.0 Å². The Morgan fingerprint density at radius 1 is 1.40 bits per heavy atom. The second-order valence-corrected chi connectivity index (χ2v) is 4.00. The van der Waals surface area contributed by atoms with Crippen LogP contribution >= 0.6 is 0 Å². The first kappa shape index (κ1) is 15.6. The van der Waals surface area contributed by atoms with Gasteiger partial charge in [0.25, 0.3) is 5.91 Å². The molecule has 9 heteroatoms. The summed E-state index contributed by atoms with van der Waals surface area (Å²) in [6, 6.07) is -0.607. The van der Waals surface area contributed by atoms with Crippen LogP contribution in [0.4, 0.5) is 13.2 Å². The van der Waals surface area contributed by atoms with Gasteiger partial charge in [0.1, 0.15) is 0 Å². The Labute approximate surface area is 111 Å². The molecule has 0 saturated heterocycles. The van der Waals surface area contributed by atoms with E-state index >= 15 is 0 Å². The Hall–Kier alpha value is -2.45. The number of phenolic OH excluding ortho intramolecular Hbond substituents is 1. The van der Waals surface area contributed by atoms with Crippen LogP contribution in [0.25, 0.3) is 0 Å². The molecule has 0 aliphatic rings. The van der Waals surface area contributed by atoms with E-state index in [0.29, 0.717) is 6.07 Å². The van der Waals surface area contributed by atoms with Crippen molar-refractivity contribution in [1.29, 1.82) is 0 Å². The number of rotatable bonds is 3. The van der Waals surface area contributed by atoms with E-state index in [0.717, 1.165) is 4.90 Å². The fourth-order valence-corrected chi connectivity index (χ4v) is 1.39. The number of benzene rings is 1. The number of carbonyl (C=O) groups excluding carboxylic acids is 1. The first-order valence-corrected chi connectivity index (χ1v) is 5.33. The van der Waals surface area contributed by atoms with Crippen LogP contribution in [0, 0.1) is 17.5 Å². The summed E-state index contributed by atoms with van der Waals surface area (Å²) in [5.74, 6) is -7.95. The third kappa shape index (κ3) is 2.60. The average molecular weight is 291 g/mol. The number of aromatic hydroxyl groups is 1. The number of nitrogens with two attached hydrogens (primary N) is 1. The standard InChI is InChI=1S/C11H12F3N3O3/c1-4(10(15)16-20)17(2)11(19)5-3-6(12)8(14)9(18)7(5)13/h3-4,18,20H,1-2H3,(H2,15,16). The van der Waals surface area contributed by atoms with Gasteiger partial charge in [0.2, 0.25) is 5.82 Å². The fraction of sp³-hybridized carbons (Fsp3) is 0.273. The molecule has 20 heavy (non-hydrogen) atoms. The molecule has 0 heterocycles. The second-order valence-electron chi connectivity index (χ2n) is 4.00. The van der Waals surface area contributed by atoms with Crippen LogP contribution in [-0.4, -0.2) is 40.0 Å². The molecule has 1 aromatic carbocycles. The van der Waals surface area contributed by atoms with Crippen LogP contribution < -0.4 is 5.73 Å². The Balaban J connectivity index is 3.23. The van der Waals surface area contributed by atoms with Crippen molar-refractivity contribution in [3.63, 3.8) is 0 Å². The lowest BCUT2D eigenvalue weighted by Crippen LogP contribution is -2.44. The number of nitrogens with zero attached hydrogens (tertiary/aromatic N) is 2. The molecule has 0 aliphatic carbocycles. The van der Waals surface area contributed by atoms with Gasteiger partial charge in [0.05, 0.1) is 11.6 Å². The van der Waals surface area contributed by atoms with E-state index in [1.165, 1.54) is 14.0 Å². The topological polar surface area (TPSA) is 99.2 Å². The van der Waals surface area contributed by atoms with Gasteiger partial charge in [0, 0.05) is 7.05 Å². The predicted molar refractivity (Wildman–Crippen MR) is 62.9 cm³/mol. The van der Waals surface area contributed by atoms with Crippen molar-refractivity contribution in [2.45, 2.75) is 13.0 Å². The first-order chi connectivity index (χ1) is 9.22. The quantitative estimate of drug-likeness (QED) is 0.254. The lowest BCUT2D eigenvalue weighted by atomic mass is 10.1.